The largest absolute Gasteiger partial charge is 0.468 e. The fourth-order valence-corrected chi connectivity index (χ4v) is 4.23. The molecule has 1 aromatic carbocycles. The Hall–Kier alpha value is -2.15. The highest BCUT2D eigenvalue weighted by Gasteiger charge is 2.10. The highest BCUT2D eigenvalue weighted by molar-refractivity contribution is 7.98. The lowest BCUT2D eigenvalue weighted by Gasteiger charge is -2.03. The van der Waals surface area contributed by atoms with Crippen LogP contribution >= 0.6 is 23.1 Å². The number of aromatic nitrogens is 2. The first-order valence-corrected chi connectivity index (χ1v) is 9.29. The van der Waals surface area contributed by atoms with Crippen LogP contribution in [0.3, 0.4) is 0 Å². The van der Waals surface area contributed by atoms with Gasteiger partial charge in [-0.25, -0.2) is 9.97 Å². The molecule has 3 aromatic heterocycles. The lowest BCUT2D eigenvalue weighted by atomic mass is 10.0. The molecule has 0 unspecified atom stereocenters. The van der Waals surface area contributed by atoms with Gasteiger partial charge < -0.3 is 9.52 Å². The van der Waals surface area contributed by atoms with Gasteiger partial charge in [0.15, 0.2) is 0 Å². The van der Waals surface area contributed by atoms with Crippen LogP contribution in [0.15, 0.2) is 63.8 Å². The van der Waals surface area contributed by atoms with Gasteiger partial charge in [0.2, 0.25) is 0 Å². The number of aliphatic hydroxyl groups excluding tert-OH is 1. The van der Waals surface area contributed by atoms with Crippen LogP contribution in [-0.2, 0) is 12.4 Å². The zero-order valence-corrected chi connectivity index (χ0v) is 14.3. The summed E-state index contributed by atoms with van der Waals surface area (Å²) >= 11 is 3.26. The summed E-state index contributed by atoms with van der Waals surface area (Å²) < 4.78 is 5.69. The molecule has 0 aliphatic heterocycles. The number of aliphatic hydroxyl groups is 1. The van der Waals surface area contributed by atoms with Gasteiger partial charge in [0.1, 0.15) is 21.9 Å². The third kappa shape index (κ3) is 2.96. The van der Waals surface area contributed by atoms with Crippen molar-refractivity contribution in [2.24, 2.45) is 0 Å². The van der Waals surface area contributed by atoms with Crippen LogP contribution in [-0.4, -0.2) is 15.1 Å². The van der Waals surface area contributed by atoms with Gasteiger partial charge in [0, 0.05) is 10.9 Å². The maximum atomic E-state index is 9.47. The van der Waals surface area contributed by atoms with Crippen molar-refractivity contribution in [3.8, 4) is 11.1 Å². The Bertz CT molecular complexity index is 978. The average Bonchev–Trinajstić information content (AvgIpc) is 3.29. The van der Waals surface area contributed by atoms with Gasteiger partial charge in [-0.15, -0.1) is 11.3 Å². The first kappa shape index (κ1) is 15.4. The Kier molecular flexibility index (Phi) is 4.34. The number of benzene rings is 1. The fraction of sp³-hybridized carbons (Fsp3) is 0.111. The maximum Gasteiger partial charge on any atom is 0.127 e. The highest BCUT2D eigenvalue weighted by atomic mass is 32.2. The maximum absolute atomic E-state index is 9.47. The predicted molar refractivity (Wildman–Crippen MR) is 97.0 cm³/mol. The van der Waals surface area contributed by atoms with E-state index in [1.54, 1.807) is 35.7 Å². The minimum absolute atomic E-state index is 0.0164. The molecule has 0 aliphatic rings. The SMILES string of the molecule is OCc1ccccc1-c1coc(CSc2ncnc3sccc23)c1. The minimum atomic E-state index is 0.0164. The number of furan rings is 1. The standard InChI is InChI=1S/C18H14N2O2S2/c21-8-12-3-1-2-4-15(12)13-7-14(22-9-13)10-24-18-16-5-6-23-17(16)19-11-20-18/h1-7,9,11,21H,8,10H2. The van der Waals surface area contributed by atoms with E-state index in [4.69, 9.17) is 4.42 Å². The normalized spacial score (nSPS) is 11.2. The molecule has 0 aliphatic carbocycles. The third-order valence-electron chi connectivity index (χ3n) is 3.73. The second-order valence-electron chi connectivity index (χ2n) is 5.22. The molecule has 6 heteroatoms. The summed E-state index contributed by atoms with van der Waals surface area (Å²) in [4.78, 5) is 9.64. The monoisotopic (exact) mass is 354 g/mol. The Balaban J connectivity index is 1.54. The van der Waals surface area contributed by atoms with Crippen molar-refractivity contribution >= 4 is 33.3 Å². The van der Waals surface area contributed by atoms with Gasteiger partial charge in [-0.05, 0) is 28.6 Å². The van der Waals surface area contributed by atoms with E-state index in [1.807, 2.05) is 41.8 Å². The molecular weight excluding hydrogens is 340 g/mol. The molecule has 24 heavy (non-hydrogen) atoms. The van der Waals surface area contributed by atoms with Crippen molar-refractivity contribution in [3.05, 3.63) is 65.7 Å². The summed E-state index contributed by atoms with van der Waals surface area (Å²) in [5.41, 5.74) is 2.88. The summed E-state index contributed by atoms with van der Waals surface area (Å²) in [6.45, 7) is 0.0164. The quantitative estimate of drug-likeness (QED) is 0.414. The molecule has 3 heterocycles. The van der Waals surface area contributed by atoms with Gasteiger partial charge in [-0.3, -0.25) is 0 Å². The highest BCUT2D eigenvalue weighted by Crippen LogP contribution is 2.32. The van der Waals surface area contributed by atoms with Crippen LogP contribution in [0.2, 0.25) is 0 Å². The summed E-state index contributed by atoms with van der Waals surface area (Å²) in [7, 11) is 0. The number of nitrogens with zero attached hydrogens (tertiary/aromatic N) is 2. The molecule has 0 saturated heterocycles. The van der Waals surface area contributed by atoms with Gasteiger partial charge in [0.05, 0.1) is 18.6 Å². The number of hydrogen-bond acceptors (Lipinski definition) is 6. The molecular formula is C18H14N2O2S2. The fourth-order valence-electron chi connectivity index (χ4n) is 2.56. The van der Waals surface area contributed by atoms with E-state index in [0.29, 0.717) is 5.75 Å². The topological polar surface area (TPSA) is 59.2 Å². The molecule has 1 N–H and O–H groups in total. The minimum Gasteiger partial charge on any atom is -0.468 e. The number of rotatable bonds is 5. The van der Waals surface area contributed by atoms with E-state index in [2.05, 4.69) is 9.97 Å². The molecule has 0 atom stereocenters. The Morgan fingerprint density at radius 1 is 1.17 bits per heavy atom. The summed E-state index contributed by atoms with van der Waals surface area (Å²) in [6, 6.07) is 11.9. The molecule has 0 radical (unpaired) electrons. The van der Waals surface area contributed by atoms with Crippen molar-refractivity contribution in [3.63, 3.8) is 0 Å². The van der Waals surface area contributed by atoms with Gasteiger partial charge >= 0.3 is 0 Å². The van der Waals surface area contributed by atoms with E-state index in [9.17, 15) is 5.11 Å². The van der Waals surface area contributed by atoms with Crippen LogP contribution in [0.5, 0.6) is 0 Å². The van der Waals surface area contributed by atoms with Crippen LogP contribution in [0.4, 0.5) is 0 Å². The van der Waals surface area contributed by atoms with Gasteiger partial charge in [0.25, 0.3) is 0 Å². The number of fused-ring (bicyclic) bond motifs is 1. The molecule has 0 amide bonds. The Morgan fingerprint density at radius 3 is 3.00 bits per heavy atom. The van der Waals surface area contributed by atoms with E-state index < -0.39 is 0 Å². The third-order valence-corrected chi connectivity index (χ3v) is 5.58. The average molecular weight is 354 g/mol. The van der Waals surface area contributed by atoms with Crippen LogP contribution in [0.1, 0.15) is 11.3 Å². The van der Waals surface area contributed by atoms with Crippen LogP contribution in [0, 0.1) is 0 Å². The lowest BCUT2D eigenvalue weighted by Crippen LogP contribution is -1.87. The molecule has 0 saturated carbocycles. The van der Waals surface area contributed by atoms with E-state index in [-0.39, 0.29) is 6.61 Å². The van der Waals surface area contributed by atoms with Gasteiger partial charge in [-0.2, -0.15) is 0 Å². The van der Waals surface area contributed by atoms with Crippen molar-refractivity contribution in [2.45, 2.75) is 17.4 Å². The zero-order chi connectivity index (χ0) is 16.4. The summed E-state index contributed by atoms with van der Waals surface area (Å²) in [5.74, 6) is 1.58. The smallest absolute Gasteiger partial charge is 0.127 e. The molecule has 0 fully saturated rings. The number of thiophene rings is 1. The van der Waals surface area contributed by atoms with E-state index >= 15 is 0 Å². The van der Waals surface area contributed by atoms with Crippen molar-refractivity contribution in [1.29, 1.82) is 0 Å². The first-order chi connectivity index (χ1) is 11.8. The first-order valence-electron chi connectivity index (χ1n) is 7.42. The molecule has 0 spiro atoms. The summed E-state index contributed by atoms with van der Waals surface area (Å²) in [5, 5.41) is 13.6. The van der Waals surface area contributed by atoms with Crippen LogP contribution < -0.4 is 0 Å². The molecule has 4 nitrogen and oxygen atoms in total. The van der Waals surface area contributed by atoms with Crippen molar-refractivity contribution in [2.75, 3.05) is 0 Å². The second-order valence-corrected chi connectivity index (χ2v) is 7.08. The van der Waals surface area contributed by atoms with E-state index in [0.717, 1.165) is 37.7 Å². The lowest BCUT2D eigenvalue weighted by molar-refractivity contribution is 0.282. The Morgan fingerprint density at radius 2 is 2.08 bits per heavy atom. The van der Waals surface area contributed by atoms with E-state index in [1.165, 1.54) is 0 Å². The molecule has 120 valence electrons. The predicted octanol–water partition coefficient (Wildman–Crippen LogP) is 4.74. The van der Waals surface area contributed by atoms with Crippen molar-refractivity contribution in [1.82, 2.24) is 9.97 Å². The van der Waals surface area contributed by atoms with Crippen LogP contribution in [0.25, 0.3) is 21.3 Å². The van der Waals surface area contributed by atoms with Gasteiger partial charge in [-0.1, -0.05) is 36.0 Å². The van der Waals surface area contributed by atoms with Crippen molar-refractivity contribution < 1.29 is 9.52 Å². The molecule has 4 rings (SSSR count). The molecule has 4 aromatic rings. The number of hydrogen-bond donors (Lipinski definition) is 1. The number of thioether (sulfide) groups is 1. The second kappa shape index (κ2) is 6.76. The summed E-state index contributed by atoms with van der Waals surface area (Å²) in [6.07, 6.45) is 3.34. The zero-order valence-electron chi connectivity index (χ0n) is 12.7. The molecule has 0 bridgehead atoms. The Labute approximate surface area is 147 Å².